The lowest BCUT2D eigenvalue weighted by atomic mass is 9.89. The molecular weight excluding hydrogens is 264 g/mol. The van der Waals surface area contributed by atoms with Crippen LogP contribution in [0.15, 0.2) is 12.1 Å². The van der Waals surface area contributed by atoms with Gasteiger partial charge in [-0.3, -0.25) is 0 Å². The van der Waals surface area contributed by atoms with Gasteiger partial charge in [0.05, 0.1) is 5.56 Å². The molecule has 1 heterocycles. The van der Waals surface area contributed by atoms with Crippen molar-refractivity contribution in [3.63, 3.8) is 0 Å². The van der Waals surface area contributed by atoms with Crippen LogP contribution in [0.4, 0.5) is 5.82 Å². The number of carbonyl (C=O) groups is 1. The Balaban J connectivity index is 2.18. The second-order valence-electron chi connectivity index (χ2n) is 6.48. The molecular formula is C17H26N2O2. The number of aromatic nitrogens is 1. The van der Waals surface area contributed by atoms with Crippen molar-refractivity contribution in [2.24, 2.45) is 5.92 Å². The predicted octanol–water partition coefficient (Wildman–Crippen LogP) is 3.92. The number of anilines is 1. The lowest BCUT2D eigenvalue weighted by molar-refractivity contribution is 0.0696. The number of pyridine rings is 1. The van der Waals surface area contributed by atoms with Crippen LogP contribution in [0.5, 0.6) is 0 Å². The van der Waals surface area contributed by atoms with E-state index in [1.54, 1.807) is 12.1 Å². The number of carboxylic acid groups (broad SMARTS) is 1. The van der Waals surface area contributed by atoms with Gasteiger partial charge in [0, 0.05) is 19.3 Å². The first kappa shape index (κ1) is 15.8. The van der Waals surface area contributed by atoms with Crippen molar-refractivity contribution in [1.82, 2.24) is 4.98 Å². The number of carboxylic acids is 1. The van der Waals surface area contributed by atoms with Crippen molar-refractivity contribution in [3.05, 3.63) is 23.4 Å². The maximum atomic E-state index is 11.3. The number of hydrogen-bond donors (Lipinski definition) is 1. The second-order valence-corrected chi connectivity index (χ2v) is 6.48. The van der Waals surface area contributed by atoms with Gasteiger partial charge in [0.1, 0.15) is 5.82 Å². The highest BCUT2D eigenvalue weighted by atomic mass is 16.4. The Labute approximate surface area is 127 Å². The first-order valence-electron chi connectivity index (χ1n) is 7.93. The van der Waals surface area contributed by atoms with Gasteiger partial charge in [-0.15, -0.1) is 0 Å². The number of aromatic carboxylic acids is 1. The Morgan fingerprint density at radius 2 is 2.00 bits per heavy atom. The predicted molar refractivity (Wildman–Crippen MR) is 85.1 cm³/mol. The fourth-order valence-corrected chi connectivity index (χ4v) is 3.00. The van der Waals surface area contributed by atoms with E-state index in [2.05, 4.69) is 9.88 Å². The third-order valence-corrected chi connectivity index (χ3v) is 4.32. The molecule has 1 aromatic rings. The molecule has 1 aliphatic rings. The normalized spacial score (nSPS) is 16.2. The van der Waals surface area contributed by atoms with Crippen molar-refractivity contribution in [3.8, 4) is 0 Å². The Hall–Kier alpha value is -1.58. The van der Waals surface area contributed by atoms with E-state index in [1.165, 1.54) is 32.1 Å². The number of rotatable bonds is 5. The molecule has 1 aliphatic carbocycles. The second kappa shape index (κ2) is 6.92. The molecule has 1 aromatic heterocycles. The molecule has 0 saturated heterocycles. The maximum Gasteiger partial charge on any atom is 0.335 e. The Bertz CT molecular complexity index is 494. The third kappa shape index (κ3) is 4.19. The first-order valence-corrected chi connectivity index (χ1v) is 7.93. The van der Waals surface area contributed by atoms with E-state index in [1.807, 2.05) is 20.9 Å². The third-order valence-electron chi connectivity index (χ3n) is 4.32. The van der Waals surface area contributed by atoms with Gasteiger partial charge in [0.25, 0.3) is 0 Å². The van der Waals surface area contributed by atoms with Crippen molar-refractivity contribution in [2.45, 2.75) is 51.9 Å². The summed E-state index contributed by atoms with van der Waals surface area (Å²) in [6, 6.07) is 3.38. The van der Waals surface area contributed by atoms with Gasteiger partial charge < -0.3 is 10.0 Å². The molecule has 0 atom stereocenters. The molecule has 0 amide bonds. The SMILES string of the molecule is CC(C)c1cc(C(=O)O)cc(N(C)CC2CCCCC2)n1. The zero-order valence-corrected chi connectivity index (χ0v) is 13.3. The van der Waals surface area contributed by atoms with E-state index < -0.39 is 5.97 Å². The largest absolute Gasteiger partial charge is 0.478 e. The topological polar surface area (TPSA) is 53.4 Å². The highest BCUT2D eigenvalue weighted by Crippen LogP contribution is 2.26. The van der Waals surface area contributed by atoms with E-state index in [0.29, 0.717) is 11.5 Å². The van der Waals surface area contributed by atoms with Crippen LogP contribution in [-0.4, -0.2) is 29.7 Å². The summed E-state index contributed by atoms with van der Waals surface area (Å²) in [5, 5.41) is 9.27. The van der Waals surface area contributed by atoms with Gasteiger partial charge in [-0.1, -0.05) is 33.1 Å². The average Bonchev–Trinajstić information content (AvgIpc) is 2.47. The molecule has 0 bridgehead atoms. The van der Waals surface area contributed by atoms with E-state index in [4.69, 9.17) is 0 Å². The molecule has 1 N–H and O–H groups in total. The van der Waals surface area contributed by atoms with Crippen LogP contribution in [-0.2, 0) is 0 Å². The fourth-order valence-electron chi connectivity index (χ4n) is 3.00. The van der Waals surface area contributed by atoms with Crippen LogP contribution < -0.4 is 4.90 Å². The van der Waals surface area contributed by atoms with Gasteiger partial charge in [0.2, 0.25) is 0 Å². The molecule has 116 valence electrons. The van der Waals surface area contributed by atoms with Crippen LogP contribution in [0, 0.1) is 5.92 Å². The number of nitrogens with zero attached hydrogens (tertiary/aromatic N) is 2. The van der Waals surface area contributed by atoms with Crippen LogP contribution in [0.3, 0.4) is 0 Å². The van der Waals surface area contributed by atoms with E-state index in [9.17, 15) is 9.90 Å². The highest BCUT2D eigenvalue weighted by Gasteiger charge is 2.18. The maximum absolute atomic E-state index is 11.3. The Morgan fingerprint density at radius 3 is 2.57 bits per heavy atom. The smallest absolute Gasteiger partial charge is 0.335 e. The van der Waals surface area contributed by atoms with Crippen LogP contribution in [0.1, 0.15) is 67.9 Å². The van der Waals surface area contributed by atoms with E-state index >= 15 is 0 Å². The van der Waals surface area contributed by atoms with Crippen molar-refractivity contribution >= 4 is 11.8 Å². The van der Waals surface area contributed by atoms with E-state index in [-0.39, 0.29) is 5.92 Å². The van der Waals surface area contributed by atoms with Gasteiger partial charge >= 0.3 is 5.97 Å². The molecule has 4 heteroatoms. The molecule has 1 fully saturated rings. The summed E-state index contributed by atoms with van der Waals surface area (Å²) < 4.78 is 0. The lowest BCUT2D eigenvalue weighted by Crippen LogP contribution is -2.28. The summed E-state index contributed by atoms with van der Waals surface area (Å²) in [5.74, 6) is 0.837. The monoisotopic (exact) mass is 290 g/mol. The minimum Gasteiger partial charge on any atom is -0.478 e. The van der Waals surface area contributed by atoms with Gasteiger partial charge in [-0.05, 0) is 36.8 Å². The lowest BCUT2D eigenvalue weighted by Gasteiger charge is -2.28. The van der Waals surface area contributed by atoms with E-state index in [0.717, 1.165) is 18.1 Å². The van der Waals surface area contributed by atoms with Gasteiger partial charge in [-0.2, -0.15) is 0 Å². The first-order chi connectivity index (χ1) is 9.97. The molecule has 0 aromatic carbocycles. The van der Waals surface area contributed by atoms with Crippen LogP contribution >= 0.6 is 0 Å². The molecule has 0 spiro atoms. The quantitative estimate of drug-likeness (QED) is 0.893. The molecule has 21 heavy (non-hydrogen) atoms. The van der Waals surface area contributed by atoms with Gasteiger partial charge in [-0.25, -0.2) is 9.78 Å². The molecule has 0 unspecified atom stereocenters. The Kier molecular flexibility index (Phi) is 5.21. The van der Waals surface area contributed by atoms with Gasteiger partial charge in [0.15, 0.2) is 0 Å². The molecule has 0 radical (unpaired) electrons. The summed E-state index contributed by atoms with van der Waals surface area (Å²) in [4.78, 5) is 18.1. The summed E-state index contributed by atoms with van der Waals surface area (Å²) in [5.41, 5.74) is 1.18. The fraction of sp³-hybridized carbons (Fsp3) is 0.647. The van der Waals surface area contributed by atoms with Crippen molar-refractivity contribution in [1.29, 1.82) is 0 Å². The minimum atomic E-state index is -0.883. The van der Waals surface area contributed by atoms with Crippen LogP contribution in [0.25, 0.3) is 0 Å². The standard InChI is InChI=1S/C17H26N2O2/c1-12(2)15-9-14(17(20)21)10-16(18-15)19(3)11-13-7-5-4-6-8-13/h9-10,12-13H,4-8,11H2,1-3H3,(H,20,21). The molecule has 0 aliphatic heterocycles. The highest BCUT2D eigenvalue weighted by molar-refractivity contribution is 5.88. The average molecular weight is 290 g/mol. The summed E-state index contributed by atoms with van der Waals surface area (Å²) in [6.45, 7) is 5.05. The molecule has 2 rings (SSSR count). The minimum absolute atomic E-state index is 0.228. The zero-order chi connectivity index (χ0) is 15.4. The summed E-state index contributed by atoms with van der Waals surface area (Å²) >= 11 is 0. The summed E-state index contributed by atoms with van der Waals surface area (Å²) in [6.07, 6.45) is 6.54. The van der Waals surface area contributed by atoms with Crippen LogP contribution in [0.2, 0.25) is 0 Å². The zero-order valence-electron chi connectivity index (χ0n) is 13.3. The van der Waals surface area contributed by atoms with Crippen molar-refractivity contribution < 1.29 is 9.90 Å². The van der Waals surface area contributed by atoms with Crippen molar-refractivity contribution in [2.75, 3.05) is 18.5 Å². The molecule has 4 nitrogen and oxygen atoms in total. The number of hydrogen-bond acceptors (Lipinski definition) is 3. The summed E-state index contributed by atoms with van der Waals surface area (Å²) in [7, 11) is 2.02. The Morgan fingerprint density at radius 1 is 1.33 bits per heavy atom. The molecule has 1 saturated carbocycles.